The fourth-order valence-corrected chi connectivity index (χ4v) is 3.39. The lowest BCUT2D eigenvalue weighted by Crippen LogP contribution is -2.45. The molecule has 1 aliphatic heterocycles. The van der Waals surface area contributed by atoms with E-state index >= 15 is 0 Å². The summed E-state index contributed by atoms with van der Waals surface area (Å²) in [5.41, 5.74) is 10.2. The zero-order valence-electron chi connectivity index (χ0n) is 15.1. The number of nitrogens with zero attached hydrogens (tertiary/aromatic N) is 1. The molecular weight excluding hydrogens is 336 g/mol. The molecule has 1 aliphatic rings. The number of nitrogens with two attached hydrogens (primary N) is 1. The zero-order chi connectivity index (χ0) is 17.1. The van der Waals surface area contributed by atoms with Gasteiger partial charge in [-0.3, -0.25) is 0 Å². The summed E-state index contributed by atoms with van der Waals surface area (Å²) in [5.74, 6) is 1.86. The van der Waals surface area contributed by atoms with E-state index in [1.165, 1.54) is 11.1 Å². The SMILES string of the molecule is COc1ccc(N2CC[C@H](N)[C@@H](c3ccc(C)cc3)C2)cc1OC.Cl. The highest BCUT2D eigenvalue weighted by Gasteiger charge is 2.28. The Morgan fingerprint density at radius 1 is 1.00 bits per heavy atom. The number of benzene rings is 2. The standard InChI is InChI=1S/C20H26N2O2.ClH/c1-14-4-6-15(7-5-14)17-13-22(11-10-18(17)21)16-8-9-19(23-2)20(12-16)24-3;/h4-9,12,17-18H,10-11,13,21H2,1-3H3;1H/t17-,18+;/m1./s1. The van der Waals surface area contributed by atoms with Crippen LogP contribution in [0.2, 0.25) is 0 Å². The molecule has 5 heteroatoms. The van der Waals surface area contributed by atoms with Gasteiger partial charge in [-0.15, -0.1) is 12.4 Å². The van der Waals surface area contributed by atoms with Crippen molar-refractivity contribution in [2.75, 3.05) is 32.2 Å². The molecule has 0 saturated carbocycles. The van der Waals surface area contributed by atoms with Crippen molar-refractivity contribution < 1.29 is 9.47 Å². The number of hydrogen-bond donors (Lipinski definition) is 1. The first-order chi connectivity index (χ1) is 11.6. The van der Waals surface area contributed by atoms with Crippen LogP contribution in [0.3, 0.4) is 0 Å². The van der Waals surface area contributed by atoms with Crippen LogP contribution >= 0.6 is 12.4 Å². The first-order valence-electron chi connectivity index (χ1n) is 8.41. The Morgan fingerprint density at radius 2 is 1.68 bits per heavy atom. The van der Waals surface area contributed by atoms with Gasteiger partial charge in [0.15, 0.2) is 11.5 Å². The molecule has 0 aromatic heterocycles. The van der Waals surface area contributed by atoms with Gasteiger partial charge in [0.2, 0.25) is 0 Å². The summed E-state index contributed by atoms with van der Waals surface area (Å²) in [4.78, 5) is 2.38. The quantitative estimate of drug-likeness (QED) is 0.899. The Labute approximate surface area is 156 Å². The molecule has 0 aliphatic carbocycles. The monoisotopic (exact) mass is 362 g/mol. The van der Waals surface area contributed by atoms with Crippen LogP contribution in [0, 0.1) is 6.92 Å². The number of halogens is 1. The van der Waals surface area contributed by atoms with E-state index in [4.69, 9.17) is 15.2 Å². The van der Waals surface area contributed by atoms with Gasteiger partial charge in [0.1, 0.15) is 0 Å². The van der Waals surface area contributed by atoms with Gasteiger partial charge in [-0.25, -0.2) is 0 Å². The fraction of sp³-hybridized carbons (Fsp3) is 0.400. The number of piperidine rings is 1. The van der Waals surface area contributed by atoms with Crippen LogP contribution in [-0.4, -0.2) is 33.4 Å². The molecule has 25 heavy (non-hydrogen) atoms. The molecule has 1 heterocycles. The van der Waals surface area contributed by atoms with E-state index in [9.17, 15) is 0 Å². The number of rotatable bonds is 4. The number of hydrogen-bond acceptors (Lipinski definition) is 4. The van der Waals surface area contributed by atoms with E-state index in [1.54, 1.807) is 14.2 Å². The molecule has 1 fully saturated rings. The normalized spacial score (nSPS) is 19.9. The Balaban J connectivity index is 0.00000225. The topological polar surface area (TPSA) is 47.7 Å². The number of anilines is 1. The Kier molecular flexibility index (Phi) is 6.57. The molecule has 2 atom stereocenters. The van der Waals surface area contributed by atoms with Gasteiger partial charge in [0.05, 0.1) is 14.2 Å². The van der Waals surface area contributed by atoms with Crippen molar-refractivity contribution in [1.82, 2.24) is 0 Å². The van der Waals surface area contributed by atoms with Gasteiger partial charge in [-0.2, -0.15) is 0 Å². The van der Waals surface area contributed by atoms with E-state index in [0.29, 0.717) is 5.92 Å². The third-order valence-electron chi connectivity index (χ3n) is 4.90. The van der Waals surface area contributed by atoms with Crippen molar-refractivity contribution in [2.45, 2.75) is 25.3 Å². The fourth-order valence-electron chi connectivity index (χ4n) is 3.39. The second-order valence-corrected chi connectivity index (χ2v) is 6.46. The maximum atomic E-state index is 6.42. The minimum absolute atomic E-state index is 0. The van der Waals surface area contributed by atoms with Gasteiger partial charge in [0.25, 0.3) is 0 Å². The summed E-state index contributed by atoms with van der Waals surface area (Å²) >= 11 is 0. The molecule has 3 rings (SSSR count). The second-order valence-electron chi connectivity index (χ2n) is 6.46. The maximum absolute atomic E-state index is 6.42. The van der Waals surface area contributed by atoms with E-state index < -0.39 is 0 Å². The molecule has 0 unspecified atom stereocenters. The lowest BCUT2D eigenvalue weighted by Gasteiger charge is -2.38. The van der Waals surface area contributed by atoms with Crippen molar-refractivity contribution in [3.05, 3.63) is 53.6 Å². The second kappa shape index (κ2) is 8.45. The van der Waals surface area contributed by atoms with Gasteiger partial charge >= 0.3 is 0 Å². The van der Waals surface area contributed by atoms with Crippen LogP contribution in [0.4, 0.5) is 5.69 Å². The van der Waals surface area contributed by atoms with Gasteiger partial charge in [0, 0.05) is 36.8 Å². The van der Waals surface area contributed by atoms with Crippen molar-refractivity contribution in [2.24, 2.45) is 5.73 Å². The molecule has 4 nitrogen and oxygen atoms in total. The van der Waals surface area contributed by atoms with Crippen molar-refractivity contribution in [1.29, 1.82) is 0 Å². The molecule has 0 bridgehead atoms. The zero-order valence-corrected chi connectivity index (χ0v) is 15.9. The molecule has 0 spiro atoms. The molecule has 0 radical (unpaired) electrons. The Morgan fingerprint density at radius 3 is 2.32 bits per heavy atom. The van der Waals surface area contributed by atoms with E-state index in [0.717, 1.165) is 36.7 Å². The highest BCUT2D eigenvalue weighted by Crippen LogP contribution is 2.35. The van der Waals surface area contributed by atoms with Gasteiger partial charge < -0.3 is 20.1 Å². The van der Waals surface area contributed by atoms with Gasteiger partial charge in [-0.05, 0) is 31.0 Å². The number of ether oxygens (including phenoxy) is 2. The molecule has 0 amide bonds. The average Bonchev–Trinajstić information content (AvgIpc) is 2.62. The van der Waals surface area contributed by atoms with Crippen molar-refractivity contribution in [3.63, 3.8) is 0 Å². The minimum atomic E-state index is 0. The van der Waals surface area contributed by atoms with Crippen LogP contribution < -0.4 is 20.1 Å². The molecular formula is C20H27ClN2O2. The highest BCUT2D eigenvalue weighted by molar-refractivity contribution is 5.85. The predicted molar refractivity (Wildman–Crippen MR) is 106 cm³/mol. The molecule has 1 saturated heterocycles. The molecule has 136 valence electrons. The largest absolute Gasteiger partial charge is 0.493 e. The minimum Gasteiger partial charge on any atom is -0.493 e. The Hall–Kier alpha value is -1.91. The first kappa shape index (κ1) is 19.4. The molecule has 2 N–H and O–H groups in total. The van der Waals surface area contributed by atoms with Crippen LogP contribution in [0.15, 0.2) is 42.5 Å². The lowest BCUT2D eigenvalue weighted by atomic mass is 9.86. The summed E-state index contributed by atoms with van der Waals surface area (Å²) in [5, 5.41) is 0. The summed E-state index contributed by atoms with van der Waals surface area (Å²) in [6.07, 6.45) is 0.979. The van der Waals surface area contributed by atoms with Crippen LogP contribution in [0.5, 0.6) is 11.5 Å². The third-order valence-corrected chi connectivity index (χ3v) is 4.90. The highest BCUT2D eigenvalue weighted by atomic mass is 35.5. The van der Waals surface area contributed by atoms with Crippen LogP contribution in [0.25, 0.3) is 0 Å². The first-order valence-corrected chi connectivity index (χ1v) is 8.41. The van der Waals surface area contributed by atoms with E-state index in [1.807, 2.05) is 12.1 Å². The van der Waals surface area contributed by atoms with Crippen LogP contribution in [-0.2, 0) is 0 Å². The summed E-state index contributed by atoms with van der Waals surface area (Å²) in [6.45, 7) is 3.99. The summed E-state index contributed by atoms with van der Waals surface area (Å²) < 4.78 is 10.8. The average molecular weight is 363 g/mol. The predicted octanol–water partition coefficient (Wildman–Crippen LogP) is 3.76. The van der Waals surface area contributed by atoms with Crippen molar-refractivity contribution in [3.8, 4) is 11.5 Å². The van der Waals surface area contributed by atoms with Gasteiger partial charge in [-0.1, -0.05) is 29.8 Å². The Bertz CT molecular complexity index is 691. The van der Waals surface area contributed by atoms with E-state index in [-0.39, 0.29) is 18.4 Å². The number of aryl methyl sites for hydroxylation is 1. The number of methoxy groups -OCH3 is 2. The molecule has 2 aromatic carbocycles. The lowest BCUT2D eigenvalue weighted by molar-refractivity contribution is 0.354. The molecule has 2 aromatic rings. The summed E-state index contributed by atoms with van der Waals surface area (Å²) in [7, 11) is 3.33. The maximum Gasteiger partial charge on any atom is 0.162 e. The van der Waals surface area contributed by atoms with Crippen LogP contribution in [0.1, 0.15) is 23.5 Å². The van der Waals surface area contributed by atoms with E-state index in [2.05, 4.69) is 42.2 Å². The third kappa shape index (κ3) is 4.20. The van der Waals surface area contributed by atoms with Crippen molar-refractivity contribution >= 4 is 18.1 Å². The smallest absolute Gasteiger partial charge is 0.162 e. The summed E-state index contributed by atoms with van der Waals surface area (Å²) in [6, 6.07) is 15.0.